The molecule has 1 aromatic carbocycles. The highest BCUT2D eigenvalue weighted by Gasteiger charge is 2.43. The Morgan fingerprint density at radius 3 is 2.65 bits per heavy atom. The van der Waals surface area contributed by atoms with Gasteiger partial charge >= 0.3 is 0 Å². The Bertz CT molecular complexity index is 1420. The zero-order valence-corrected chi connectivity index (χ0v) is 22.7. The molecule has 6 N–H and O–H groups in total. The van der Waals surface area contributed by atoms with E-state index in [0.29, 0.717) is 27.7 Å². The van der Waals surface area contributed by atoms with Gasteiger partial charge in [-0.25, -0.2) is 4.98 Å². The van der Waals surface area contributed by atoms with Crippen LogP contribution in [0.3, 0.4) is 0 Å². The highest BCUT2D eigenvalue weighted by atomic mass is 35.5. The molecule has 40 heavy (non-hydrogen) atoms. The minimum absolute atomic E-state index is 0.0828. The van der Waals surface area contributed by atoms with E-state index in [4.69, 9.17) is 33.7 Å². The number of aromatic nitrogens is 1. The van der Waals surface area contributed by atoms with Gasteiger partial charge in [0.05, 0.1) is 65.0 Å². The fourth-order valence-electron chi connectivity index (χ4n) is 5.78. The SMILES string of the molecule is NC(=O)c1cc(C2=CN(CC(=O)Nc3cc(N4CC5CCC(C4)O5)ncc3Cl)C3NCNC(=O)C23)cc(Cl)c1O. The Labute approximate surface area is 239 Å². The predicted octanol–water partition coefficient (Wildman–Crippen LogP) is 1.47. The van der Waals surface area contributed by atoms with Crippen molar-refractivity contribution in [2.75, 3.05) is 36.5 Å². The topological polar surface area (TPSA) is 162 Å². The molecule has 4 aliphatic heterocycles. The summed E-state index contributed by atoms with van der Waals surface area (Å²) in [4.78, 5) is 46.3. The molecule has 210 valence electrons. The van der Waals surface area contributed by atoms with Crippen molar-refractivity contribution in [1.82, 2.24) is 20.5 Å². The van der Waals surface area contributed by atoms with E-state index in [1.807, 2.05) is 0 Å². The quantitative estimate of drug-likeness (QED) is 0.337. The van der Waals surface area contributed by atoms with Crippen molar-refractivity contribution in [2.45, 2.75) is 31.2 Å². The van der Waals surface area contributed by atoms with Crippen molar-refractivity contribution in [1.29, 1.82) is 0 Å². The van der Waals surface area contributed by atoms with Crippen LogP contribution in [0.4, 0.5) is 11.5 Å². The third-order valence-electron chi connectivity index (χ3n) is 7.64. The fraction of sp³-hybridized carbons (Fsp3) is 0.385. The van der Waals surface area contributed by atoms with Crippen LogP contribution < -0.4 is 26.6 Å². The van der Waals surface area contributed by atoms with Crippen LogP contribution in [-0.4, -0.2) is 77.4 Å². The molecule has 12 nitrogen and oxygen atoms in total. The Morgan fingerprint density at radius 1 is 1.18 bits per heavy atom. The normalized spacial score (nSPS) is 25.4. The largest absolute Gasteiger partial charge is 0.506 e. The molecule has 0 radical (unpaired) electrons. The molecular formula is C26H27Cl2N7O5. The molecule has 0 aliphatic carbocycles. The molecule has 4 atom stereocenters. The van der Waals surface area contributed by atoms with Crippen molar-refractivity contribution in [3.05, 3.63) is 51.8 Å². The smallest absolute Gasteiger partial charge is 0.252 e. The van der Waals surface area contributed by atoms with E-state index in [2.05, 4.69) is 25.8 Å². The van der Waals surface area contributed by atoms with Gasteiger partial charge in [0.1, 0.15) is 11.6 Å². The van der Waals surface area contributed by atoms with Crippen molar-refractivity contribution in [3.63, 3.8) is 0 Å². The van der Waals surface area contributed by atoms with E-state index in [-0.39, 0.29) is 47.8 Å². The van der Waals surface area contributed by atoms with E-state index in [1.165, 1.54) is 18.3 Å². The number of halogens is 2. The summed E-state index contributed by atoms with van der Waals surface area (Å²) in [7, 11) is 0. The molecule has 1 aromatic heterocycles. The molecule has 3 fully saturated rings. The Morgan fingerprint density at radius 2 is 1.93 bits per heavy atom. The molecule has 4 aliphatic rings. The number of nitrogens with one attached hydrogen (secondary N) is 3. The second-order valence-electron chi connectivity index (χ2n) is 10.3. The number of benzene rings is 1. The van der Waals surface area contributed by atoms with Gasteiger partial charge < -0.3 is 36.0 Å². The third-order valence-corrected chi connectivity index (χ3v) is 8.23. The van der Waals surface area contributed by atoms with Crippen LogP contribution in [0.1, 0.15) is 28.8 Å². The highest BCUT2D eigenvalue weighted by Crippen LogP contribution is 2.40. The molecule has 5 heterocycles. The number of hydrogen-bond donors (Lipinski definition) is 5. The van der Waals surface area contributed by atoms with E-state index < -0.39 is 23.7 Å². The van der Waals surface area contributed by atoms with Gasteiger partial charge in [-0.2, -0.15) is 0 Å². The van der Waals surface area contributed by atoms with Crippen LogP contribution in [-0.2, 0) is 14.3 Å². The summed E-state index contributed by atoms with van der Waals surface area (Å²) in [6.07, 6.45) is 5.07. The van der Waals surface area contributed by atoms with Gasteiger partial charge in [0.2, 0.25) is 11.8 Å². The molecule has 2 bridgehead atoms. The molecule has 3 amide bonds. The average Bonchev–Trinajstić information content (AvgIpc) is 3.46. The summed E-state index contributed by atoms with van der Waals surface area (Å²) >= 11 is 12.5. The van der Waals surface area contributed by atoms with Crippen LogP contribution >= 0.6 is 23.2 Å². The number of anilines is 2. The first-order chi connectivity index (χ1) is 19.2. The first kappa shape index (κ1) is 26.6. The second-order valence-corrected chi connectivity index (χ2v) is 11.1. The van der Waals surface area contributed by atoms with Crippen LogP contribution in [0.5, 0.6) is 5.75 Å². The number of carbonyl (C=O) groups excluding carboxylic acids is 3. The predicted molar refractivity (Wildman–Crippen MR) is 148 cm³/mol. The van der Waals surface area contributed by atoms with Crippen molar-refractivity contribution >= 4 is 58.0 Å². The standard InChI is InChI=1S/C26H27Cl2N7O5/c27-17-4-12(3-15(23(17)37)24(29)38)16-9-35(25-22(16)26(39)32-11-31-25)10-21(36)33-19-5-20(30-6-18(19)28)34-7-13-1-2-14(8-34)40-13/h3-6,9,13-14,22,25,31,37H,1-2,7-8,10-11H2,(H2,29,38)(H,32,39)(H,30,33,36). The maximum Gasteiger partial charge on any atom is 0.252 e. The number of nitrogens with zero attached hydrogens (tertiary/aromatic N) is 3. The molecular weight excluding hydrogens is 561 g/mol. The summed E-state index contributed by atoms with van der Waals surface area (Å²) in [5, 5.41) is 19.2. The number of fused-ring (bicyclic) bond motifs is 3. The van der Waals surface area contributed by atoms with Crippen LogP contribution in [0.25, 0.3) is 5.57 Å². The van der Waals surface area contributed by atoms with Gasteiger partial charge in [0.15, 0.2) is 0 Å². The van der Waals surface area contributed by atoms with Gasteiger partial charge in [0, 0.05) is 25.4 Å². The molecule has 14 heteroatoms. The second kappa shape index (κ2) is 10.4. The van der Waals surface area contributed by atoms with Crippen LogP contribution in [0, 0.1) is 5.92 Å². The minimum atomic E-state index is -0.864. The number of hydrogen-bond acceptors (Lipinski definition) is 9. The number of aromatic hydroxyl groups is 1. The number of pyridine rings is 1. The lowest BCUT2D eigenvalue weighted by Gasteiger charge is -2.34. The number of ether oxygens (including phenoxy) is 1. The van der Waals surface area contributed by atoms with Gasteiger partial charge in [0.25, 0.3) is 5.91 Å². The summed E-state index contributed by atoms with van der Waals surface area (Å²) in [5.74, 6) is -1.92. The number of rotatable bonds is 6. The number of amides is 3. The van der Waals surface area contributed by atoms with Crippen molar-refractivity contribution in [2.24, 2.45) is 11.7 Å². The number of carbonyl (C=O) groups is 3. The first-order valence-corrected chi connectivity index (χ1v) is 13.6. The minimum Gasteiger partial charge on any atom is -0.506 e. The highest BCUT2D eigenvalue weighted by molar-refractivity contribution is 6.33. The average molecular weight is 588 g/mol. The number of morpholine rings is 1. The van der Waals surface area contributed by atoms with Gasteiger partial charge in [-0.05, 0) is 36.1 Å². The van der Waals surface area contributed by atoms with Crippen LogP contribution in [0.15, 0.2) is 30.6 Å². The Kier molecular flexibility index (Phi) is 6.95. The maximum atomic E-state index is 13.2. The van der Waals surface area contributed by atoms with E-state index in [9.17, 15) is 19.5 Å². The Balaban J connectivity index is 1.23. The monoisotopic (exact) mass is 587 g/mol. The van der Waals surface area contributed by atoms with Gasteiger partial charge in [-0.15, -0.1) is 0 Å². The summed E-state index contributed by atoms with van der Waals surface area (Å²) in [6, 6.07) is 4.59. The summed E-state index contributed by atoms with van der Waals surface area (Å²) in [5.41, 5.74) is 6.61. The zero-order chi connectivity index (χ0) is 28.1. The lowest BCUT2D eigenvalue weighted by Crippen LogP contribution is -2.59. The molecule has 0 saturated carbocycles. The van der Waals surface area contributed by atoms with E-state index in [0.717, 1.165) is 25.9 Å². The number of primary amides is 1. The van der Waals surface area contributed by atoms with Gasteiger partial charge in [-0.3, -0.25) is 19.7 Å². The van der Waals surface area contributed by atoms with Gasteiger partial charge in [-0.1, -0.05) is 23.2 Å². The molecule has 0 spiro atoms. The fourth-order valence-corrected chi connectivity index (χ4v) is 6.15. The van der Waals surface area contributed by atoms with Crippen molar-refractivity contribution < 1.29 is 24.2 Å². The van der Waals surface area contributed by atoms with Crippen LogP contribution in [0.2, 0.25) is 10.0 Å². The lowest BCUT2D eigenvalue weighted by molar-refractivity contribution is -0.128. The summed E-state index contributed by atoms with van der Waals surface area (Å²) < 4.78 is 5.91. The zero-order valence-electron chi connectivity index (χ0n) is 21.2. The lowest BCUT2D eigenvalue weighted by atomic mass is 9.90. The molecule has 4 unspecified atom stereocenters. The molecule has 2 aromatic rings. The first-order valence-electron chi connectivity index (χ1n) is 12.8. The van der Waals surface area contributed by atoms with E-state index in [1.54, 1.807) is 17.2 Å². The Hall–Kier alpha value is -3.58. The number of phenols is 1. The van der Waals surface area contributed by atoms with E-state index >= 15 is 0 Å². The number of nitrogens with two attached hydrogens (primary N) is 1. The molecule has 3 saturated heterocycles. The summed E-state index contributed by atoms with van der Waals surface area (Å²) in [6.45, 7) is 1.57. The third kappa shape index (κ3) is 4.92. The maximum absolute atomic E-state index is 13.2. The van der Waals surface area contributed by atoms with Crippen molar-refractivity contribution in [3.8, 4) is 5.75 Å². The molecule has 6 rings (SSSR count).